The fourth-order valence-corrected chi connectivity index (χ4v) is 5.11. The van der Waals surface area contributed by atoms with Crippen molar-refractivity contribution < 1.29 is 9.59 Å². The molecule has 0 radical (unpaired) electrons. The number of rotatable bonds is 11. The summed E-state index contributed by atoms with van der Waals surface area (Å²) in [5.74, 6) is 1.28. The van der Waals surface area contributed by atoms with E-state index in [-0.39, 0.29) is 11.8 Å². The molecule has 10 nitrogen and oxygen atoms in total. The molecule has 2 heterocycles. The van der Waals surface area contributed by atoms with E-state index in [2.05, 4.69) is 44.9 Å². The number of nitrogens with two attached hydrogens (primary N) is 1. The van der Waals surface area contributed by atoms with E-state index in [1.807, 2.05) is 67.5 Å². The number of hydrogen-bond donors (Lipinski definition) is 5. The van der Waals surface area contributed by atoms with Gasteiger partial charge < -0.3 is 31.2 Å². The quantitative estimate of drug-likeness (QED) is 0.135. The summed E-state index contributed by atoms with van der Waals surface area (Å²) in [5.41, 5.74) is 14.2. The molecule has 0 aliphatic heterocycles. The Bertz CT molecular complexity index is 1960. The van der Waals surface area contributed by atoms with E-state index in [1.165, 1.54) is 0 Å². The van der Waals surface area contributed by atoms with Crippen LogP contribution in [0, 0.1) is 0 Å². The number of hydrogen-bond acceptors (Lipinski definition) is 6. The average molecular weight is 601 g/mol. The molecule has 0 aliphatic carbocycles. The van der Waals surface area contributed by atoms with Crippen molar-refractivity contribution in [3.8, 4) is 33.9 Å². The van der Waals surface area contributed by atoms with Crippen LogP contribution in [0.2, 0.25) is 0 Å². The third-order valence-electron chi connectivity index (χ3n) is 7.65. The van der Waals surface area contributed by atoms with E-state index in [0.29, 0.717) is 30.8 Å². The number of aromatic amines is 2. The van der Waals surface area contributed by atoms with Crippen LogP contribution in [0.25, 0.3) is 56.0 Å². The second kappa shape index (κ2) is 13.1. The normalized spacial score (nSPS) is 11.4. The molecule has 4 aromatic carbocycles. The minimum atomic E-state index is -0.112. The number of imidazole rings is 2. The molecule has 228 valence electrons. The fraction of sp³-hybridized carbons (Fsp3) is 0.200. The van der Waals surface area contributed by atoms with Crippen molar-refractivity contribution in [2.75, 3.05) is 40.3 Å². The van der Waals surface area contributed by atoms with Crippen molar-refractivity contribution in [2.24, 2.45) is 5.73 Å². The van der Waals surface area contributed by atoms with E-state index in [0.717, 1.165) is 68.9 Å². The molecular weight excluding hydrogens is 564 g/mol. The van der Waals surface area contributed by atoms with Crippen LogP contribution in [0.4, 0.5) is 0 Å². The zero-order valence-corrected chi connectivity index (χ0v) is 25.4. The van der Waals surface area contributed by atoms with Crippen LogP contribution in [-0.4, -0.2) is 76.9 Å². The molecule has 0 unspecified atom stereocenters. The Morgan fingerprint density at radius 1 is 0.667 bits per heavy atom. The molecule has 6 aromatic rings. The molecule has 2 amide bonds. The van der Waals surface area contributed by atoms with Gasteiger partial charge in [-0.25, -0.2) is 9.97 Å². The maximum atomic E-state index is 12.4. The van der Waals surface area contributed by atoms with Crippen LogP contribution in [0.3, 0.4) is 0 Å². The van der Waals surface area contributed by atoms with Gasteiger partial charge in [-0.3, -0.25) is 9.59 Å². The Hall–Kier alpha value is -5.32. The van der Waals surface area contributed by atoms with Crippen molar-refractivity contribution in [2.45, 2.75) is 6.42 Å². The average Bonchev–Trinajstić information content (AvgIpc) is 3.68. The summed E-state index contributed by atoms with van der Waals surface area (Å²) in [7, 11) is 3.95. The Labute approximate surface area is 261 Å². The summed E-state index contributed by atoms with van der Waals surface area (Å²) in [6.07, 6.45) is 0.746. The van der Waals surface area contributed by atoms with E-state index >= 15 is 0 Å². The van der Waals surface area contributed by atoms with Crippen LogP contribution >= 0.6 is 0 Å². The van der Waals surface area contributed by atoms with Gasteiger partial charge in [-0.2, -0.15) is 0 Å². The largest absolute Gasteiger partial charge is 0.352 e. The second-order valence-electron chi connectivity index (χ2n) is 11.2. The Morgan fingerprint density at radius 2 is 1.11 bits per heavy atom. The van der Waals surface area contributed by atoms with E-state index < -0.39 is 0 Å². The van der Waals surface area contributed by atoms with Gasteiger partial charge in [0.05, 0.1) is 22.1 Å². The van der Waals surface area contributed by atoms with Crippen molar-refractivity contribution >= 4 is 33.9 Å². The van der Waals surface area contributed by atoms with Crippen molar-refractivity contribution in [3.63, 3.8) is 0 Å². The van der Waals surface area contributed by atoms with Crippen molar-refractivity contribution in [1.29, 1.82) is 0 Å². The summed E-state index contributed by atoms with van der Waals surface area (Å²) in [6.45, 7) is 2.49. The SMILES string of the molecule is CN(C)CCNC(=O)c1ccc(-c2nc3ccc(-c4ccc5nc(-c6ccc(C(=O)NCCCN)cc6)[nH]c5c4)cc3[nH]2)cc1. The topological polar surface area (TPSA) is 145 Å². The molecule has 45 heavy (non-hydrogen) atoms. The number of H-pyrrole nitrogens is 2. The maximum absolute atomic E-state index is 12.4. The summed E-state index contributed by atoms with van der Waals surface area (Å²) >= 11 is 0. The maximum Gasteiger partial charge on any atom is 0.251 e. The van der Waals surface area contributed by atoms with Gasteiger partial charge >= 0.3 is 0 Å². The molecule has 0 atom stereocenters. The van der Waals surface area contributed by atoms with Crippen LogP contribution < -0.4 is 16.4 Å². The molecule has 10 heteroatoms. The summed E-state index contributed by atoms with van der Waals surface area (Å²) in [4.78, 5) is 43.2. The molecule has 2 aromatic heterocycles. The number of carbonyl (C=O) groups is 2. The monoisotopic (exact) mass is 600 g/mol. The first-order valence-corrected chi connectivity index (χ1v) is 15.0. The van der Waals surface area contributed by atoms with Crippen LogP contribution in [0.5, 0.6) is 0 Å². The van der Waals surface area contributed by atoms with E-state index in [4.69, 9.17) is 15.7 Å². The van der Waals surface area contributed by atoms with Gasteiger partial charge in [0.2, 0.25) is 0 Å². The highest BCUT2D eigenvalue weighted by Gasteiger charge is 2.12. The zero-order valence-electron chi connectivity index (χ0n) is 25.4. The summed E-state index contributed by atoms with van der Waals surface area (Å²) < 4.78 is 0. The highest BCUT2D eigenvalue weighted by molar-refractivity contribution is 5.95. The summed E-state index contributed by atoms with van der Waals surface area (Å²) in [6, 6.07) is 27.2. The minimum absolute atomic E-state index is 0.0874. The van der Waals surface area contributed by atoms with Crippen molar-refractivity contribution in [1.82, 2.24) is 35.5 Å². The smallest absolute Gasteiger partial charge is 0.251 e. The fourth-order valence-electron chi connectivity index (χ4n) is 5.11. The van der Waals surface area contributed by atoms with Gasteiger partial charge in [-0.15, -0.1) is 0 Å². The Morgan fingerprint density at radius 3 is 1.56 bits per heavy atom. The highest BCUT2D eigenvalue weighted by Crippen LogP contribution is 2.29. The van der Waals surface area contributed by atoms with Gasteiger partial charge in [-0.05, 0) is 86.7 Å². The Balaban J connectivity index is 1.17. The predicted molar refractivity (Wildman–Crippen MR) is 179 cm³/mol. The number of nitrogens with zero attached hydrogens (tertiary/aromatic N) is 3. The molecule has 6 N–H and O–H groups in total. The first-order chi connectivity index (χ1) is 21.9. The number of carbonyl (C=O) groups excluding carboxylic acids is 2. The molecular formula is C35H36N8O2. The van der Waals surface area contributed by atoms with Crippen LogP contribution in [-0.2, 0) is 0 Å². The lowest BCUT2D eigenvalue weighted by atomic mass is 10.0. The number of amides is 2. The minimum Gasteiger partial charge on any atom is -0.352 e. The summed E-state index contributed by atoms with van der Waals surface area (Å²) in [5, 5.41) is 5.81. The standard InChI is InChI=1S/C35H36N8O2/c1-43(2)19-18-38-35(45)25-10-6-23(7-11-25)33-40-29-15-13-27(21-31(29)42-33)26-12-14-28-30(20-26)41-32(39-28)22-4-8-24(9-5-22)34(44)37-17-3-16-36/h4-15,20-21H,3,16-19,36H2,1-2H3,(H,37,44)(H,38,45)(H,39,41)(H,40,42). The predicted octanol–water partition coefficient (Wildman–Crippen LogP) is 4.81. The molecule has 0 saturated carbocycles. The second-order valence-corrected chi connectivity index (χ2v) is 11.2. The number of fused-ring (bicyclic) bond motifs is 2. The molecule has 0 saturated heterocycles. The molecule has 0 fully saturated rings. The highest BCUT2D eigenvalue weighted by atomic mass is 16.2. The van der Waals surface area contributed by atoms with Gasteiger partial charge in [0.15, 0.2) is 0 Å². The van der Waals surface area contributed by atoms with Crippen LogP contribution in [0.15, 0.2) is 84.9 Å². The van der Waals surface area contributed by atoms with Gasteiger partial charge in [-0.1, -0.05) is 36.4 Å². The molecule has 0 bridgehead atoms. The van der Waals surface area contributed by atoms with Gasteiger partial charge in [0.25, 0.3) is 11.8 Å². The molecule has 0 spiro atoms. The molecule has 6 rings (SSSR count). The third kappa shape index (κ3) is 6.77. The number of nitrogens with one attached hydrogen (secondary N) is 4. The van der Waals surface area contributed by atoms with E-state index in [1.54, 1.807) is 12.1 Å². The lowest BCUT2D eigenvalue weighted by Gasteiger charge is -2.10. The lowest BCUT2D eigenvalue weighted by molar-refractivity contribution is 0.0944. The first kappa shape index (κ1) is 29.7. The zero-order chi connectivity index (χ0) is 31.3. The van der Waals surface area contributed by atoms with Gasteiger partial charge in [0, 0.05) is 41.9 Å². The van der Waals surface area contributed by atoms with Crippen molar-refractivity contribution in [3.05, 3.63) is 96.1 Å². The number of benzene rings is 4. The van der Waals surface area contributed by atoms with E-state index in [9.17, 15) is 9.59 Å². The number of aromatic nitrogens is 4. The lowest BCUT2D eigenvalue weighted by Crippen LogP contribution is -2.31. The third-order valence-corrected chi connectivity index (χ3v) is 7.65. The number of likely N-dealkylation sites (N-methyl/N-ethyl adjacent to an activating group) is 1. The van der Waals surface area contributed by atoms with Gasteiger partial charge in [0.1, 0.15) is 11.6 Å². The first-order valence-electron chi connectivity index (χ1n) is 15.0. The molecule has 0 aliphatic rings. The van der Waals surface area contributed by atoms with Crippen LogP contribution in [0.1, 0.15) is 27.1 Å². The Kier molecular flexibility index (Phi) is 8.68.